The highest BCUT2D eigenvalue weighted by Crippen LogP contribution is 2.38. The molecule has 2 aromatic carbocycles. The standard InChI is InChI=1S/C21H26BrNO3/c1-13(2)18(22)20(25)23-17(12-26-21(23,3)4)19(24)16-11-7-9-14-8-5-6-10-15(14)16/h5-11,13,17-19,24H,12H2,1-4H3/t17-,18?,19?/m1/s1. The number of nitrogens with zero attached hydrogens (tertiary/aromatic N) is 1. The van der Waals surface area contributed by atoms with Crippen molar-refractivity contribution in [3.8, 4) is 0 Å². The van der Waals surface area contributed by atoms with E-state index in [1.165, 1.54) is 0 Å². The number of halogens is 1. The van der Waals surface area contributed by atoms with Crippen molar-refractivity contribution in [2.75, 3.05) is 6.61 Å². The Hall–Kier alpha value is -1.43. The van der Waals surface area contributed by atoms with Crippen LogP contribution in [0.4, 0.5) is 0 Å². The van der Waals surface area contributed by atoms with Gasteiger partial charge in [-0.1, -0.05) is 72.2 Å². The Morgan fingerprint density at radius 3 is 2.58 bits per heavy atom. The summed E-state index contributed by atoms with van der Waals surface area (Å²) < 4.78 is 5.90. The minimum atomic E-state index is -0.821. The normalized spacial score (nSPS) is 22.0. The number of alkyl halides is 1. The van der Waals surface area contributed by atoms with E-state index < -0.39 is 17.9 Å². The van der Waals surface area contributed by atoms with Gasteiger partial charge in [-0.3, -0.25) is 4.79 Å². The predicted molar refractivity (Wildman–Crippen MR) is 107 cm³/mol. The second-order valence-electron chi connectivity index (χ2n) is 7.69. The molecule has 2 unspecified atom stereocenters. The molecule has 140 valence electrons. The number of amides is 1. The van der Waals surface area contributed by atoms with Gasteiger partial charge >= 0.3 is 0 Å². The maximum Gasteiger partial charge on any atom is 0.239 e. The Morgan fingerprint density at radius 2 is 1.88 bits per heavy atom. The van der Waals surface area contributed by atoms with Gasteiger partial charge < -0.3 is 14.7 Å². The molecule has 0 spiro atoms. The SMILES string of the molecule is CC(C)C(Br)C(=O)N1[C@@H](C(O)c2cccc3ccccc23)COC1(C)C. The van der Waals surface area contributed by atoms with Crippen LogP contribution in [-0.4, -0.2) is 39.1 Å². The Morgan fingerprint density at radius 1 is 1.23 bits per heavy atom. The third-order valence-corrected chi connectivity index (χ3v) is 6.53. The molecule has 26 heavy (non-hydrogen) atoms. The predicted octanol–water partition coefficient (Wildman–Crippen LogP) is 4.26. The average Bonchev–Trinajstić information content (AvgIpc) is 2.94. The molecule has 1 aliphatic rings. The molecule has 4 nitrogen and oxygen atoms in total. The zero-order valence-electron chi connectivity index (χ0n) is 15.6. The van der Waals surface area contributed by atoms with E-state index in [4.69, 9.17) is 4.74 Å². The van der Waals surface area contributed by atoms with E-state index in [2.05, 4.69) is 15.9 Å². The average molecular weight is 420 g/mol. The van der Waals surface area contributed by atoms with Crippen molar-refractivity contribution in [3.05, 3.63) is 48.0 Å². The summed E-state index contributed by atoms with van der Waals surface area (Å²) in [5.41, 5.74) is 0.0664. The van der Waals surface area contributed by atoms with Gasteiger partial charge in [0, 0.05) is 0 Å². The van der Waals surface area contributed by atoms with Crippen molar-refractivity contribution in [2.45, 2.75) is 50.4 Å². The van der Waals surface area contributed by atoms with Gasteiger partial charge in [0.1, 0.15) is 11.8 Å². The van der Waals surface area contributed by atoms with Gasteiger partial charge in [0.25, 0.3) is 0 Å². The summed E-state index contributed by atoms with van der Waals surface area (Å²) >= 11 is 3.51. The first-order valence-electron chi connectivity index (χ1n) is 9.01. The van der Waals surface area contributed by atoms with Crippen LogP contribution in [0.25, 0.3) is 10.8 Å². The fourth-order valence-corrected chi connectivity index (χ4v) is 3.85. The highest BCUT2D eigenvalue weighted by atomic mass is 79.9. The highest BCUT2D eigenvalue weighted by Gasteiger charge is 2.48. The smallest absolute Gasteiger partial charge is 0.239 e. The van der Waals surface area contributed by atoms with Gasteiger partial charge in [-0.15, -0.1) is 0 Å². The summed E-state index contributed by atoms with van der Waals surface area (Å²) in [4.78, 5) is 14.5. The van der Waals surface area contributed by atoms with E-state index in [9.17, 15) is 9.90 Å². The number of aliphatic hydroxyl groups is 1. The largest absolute Gasteiger partial charge is 0.386 e. The number of carbonyl (C=O) groups excluding carboxylic acids is 1. The lowest BCUT2D eigenvalue weighted by Crippen LogP contribution is -2.53. The molecule has 1 heterocycles. The van der Waals surface area contributed by atoms with Crippen LogP contribution in [0.1, 0.15) is 39.4 Å². The van der Waals surface area contributed by atoms with Crippen molar-refractivity contribution < 1.29 is 14.6 Å². The molecule has 1 N–H and O–H groups in total. The molecule has 1 fully saturated rings. The maximum absolute atomic E-state index is 13.1. The maximum atomic E-state index is 13.1. The van der Waals surface area contributed by atoms with Crippen LogP contribution < -0.4 is 0 Å². The zero-order valence-corrected chi connectivity index (χ0v) is 17.2. The summed E-state index contributed by atoms with van der Waals surface area (Å²) in [6.45, 7) is 8.05. The molecule has 0 radical (unpaired) electrons. The summed E-state index contributed by atoms with van der Waals surface area (Å²) in [5.74, 6) is 0.0982. The molecule has 0 bridgehead atoms. The van der Waals surface area contributed by atoms with E-state index >= 15 is 0 Å². The van der Waals surface area contributed by atoms with Gasteiger partial charge in [-0.2, -0.15) is 0 Å². The molecule has 1 saturated heterocycles. The number of ether oxygens (including phenoxy) is 1. The van der Waals surface area contributed by atoms with Crippen LogP contribution in [0, 0.1) is 5.92 Å². The minimum Gasteiger partial charge on any atom is -0.386 e. The summed E-state index contributed by atoms with van der Waals surface area (Å²) in [7, 11) is 0. The first-order valence-corrected chi connectivity index (χ1v) is 9.92. The Bertz CT molecular complexity index is 799. The fourth-order valence-electron chi connectivity index (χ4n) is 3.63. The van der Waals surface area contributed by atoms with Crippen molar-refractivity contribution >= 4 is 32.6 Å². The van der Waals surface area contributed by atoms with E-state index in [-0.39, 0.29) is 16.7 Å². The minimum absolute atomic E-state index is 0.0493. The number of hydrogen-bond donors (Lipinski definition) is 1. The topological polar surface area (TPSA) is 49.8 Å². The second kappa shape index (κ2) is 7.29. The first kappa shape index (κ1) is 19.3. The van der Waals surface area contributed by atoms with E-state index in [1.807, 2.05) is 70.2 Å². The summed E-state index contributed by atoms with van der Waals surface area (Å²) in [5, 5.41) is 13.3. The van der Waals surface area contributed by atoms with Crippen LogP contribution in [0.2, 0.25) is 0 Å². The molecule has 1 amide bonds. The first-order chi connectivity index (χ1) is 12.2. The molecule has 1 aliphatic heterocycles. The van der Waals surface area contributed by atoms with Gasteiger partial charge in [0.2, 0.25) is 5.91 Å². The number of hydrogen-bond acceptors (Lipinski definition) is 3. The molecule has 3 rings (SSSR count). The molecule has 5 heteroatoms. The Kier molecular flexibility index (Phi) is 5.42. The van der Waals surface area contributed by atoms with Gasteiger partial charge in [-0.25, -0.2) is 0 Å². The van der Waals surface area contributed by atoms with Crippen LogP contribution >= 0.6 is 15.9 Å². The lowest BCUT2D eigenvalue weighted by Gasteiger charge is -2.37. The van der Waals surface area contributed by atoms with Gasteiger partial charge in [-0.05, 0) is 36.1 Å². The number of benzene rings is 2. The molecule has 2 aromatic rings. The lowest BCUT2D eigenvalue weighted by molar-refractivity contribution is -0.148. The summed E-state index contributed by atoms with van der Waals surface area (Å²) in [6.07, 6.45) is -0.821. The summed E-state index contributed by atoms with van der Waals surface area (Å²) in [6, 6.07) is 13.4. The van der Waals surface area contributed by atoms with Crippen LogP contribution in [0.5, 0.6) is 0 Å². The van der Waals surface area contributed by atoms with E-state index in [1.54, 1.807) is 4.90 Å². The third-order valence-electron chi connectivity index (χ3n) is 5.08. The van der Waals surface area contributed by atoms with Crippen molar-refractivity contribution in [2.24, 2.45) is 5.92 Å². The quantitative estimate of drug-likeness (QED) is 0.753. The molecule has 0 aromatic heterocycles. The molecular formula is C21H26BrNO3. The van der Waals surface area contributed by atoms with Gasteiger partial charge in [0.05, 0.1) is 17.5 Å². The van der Waals surface area contributed by atoms with Crippen LogP contribution in [0.15, 0.2) is 42.5 Å². The third kappa shape index (κ3) is 3.40. The van der Waals surface area contributed by atoms with Crippen molar-refractivity contribution in [1.29, 1.82) is 0 Å². The van der Waals surface area contributed by atoms with Crippen LogP contribution in [0.3, 0.4) is 0 Å². The fraction of sp³-hybridized carbons (Fsp3) is 0.476. The Labute approximate surface area is 163 Å². The van der Waals surface area contributed by atoms with Crippen molar-refractivity contribution in [3.63, 3.8) is 0 Å². The number of fused-ring (bicyclic) bond motifs is 1. The molecule has 0 aliphatic carbocycles. The van der Waals surface area contributed by atoms with Crippen LogP contribution in [-0.2, 0) is 9.53 Å². The van der Waals surface area contributed by atoms with Crippen molar-refractivity contribution in [1.82, 2.24) is 4.90 Å². The van der Waals surface area contributed by atoms with Gasteiger partial charge in [0.15, 0.2) is 0 Å². The lowest BCUT2D eigenvalue weighted by atomic mass is 9.95. The van der Waals surface area contributed by atoms with E-state index in [0.29, 0.717) is 6.61 Å². The second-order valence-corrected chi connectivity index (χ2v) is 8.68. The zero-order chi connectivity index (χ0) is 19.1. The molecule has 0 saturated carbocycles. The highest BCUT2D eigenvalue weighted by molar-refractivity contribution is 9.10. The monoisotopic (exact) mass is 419 g/mol. The molecule has 3 atom stereocenters. The Balaban J connectivity index is 1.99. The number of carbonyl (C=O) groups is 1. The molecular weight excluding hydrogens is 394 g/mol. The number of aliphatic hydroxyl groups excluding tert-OH is 1. The number of rotatable bonds is 4. The van der Waals surface area contributed by atoms with E-state index in [0.717, 1.165) is 16.3 Å².